The van der Waals surface area contributed by atoms with Gasteiger partial charge in [0.15, 0.2) is 0 Å². The number of piperazine rings is 1. The normalized spacial score (nSPS) is 18.6. The summed E-state index contributed by atoms with van der Waals surface area (Å²) in [5.74, 6) is -1.57. The van der Waals surface area contributed by atoms with Gasteiger partial charge in [0, 0.05) is 36.6 Å². The maximum Gasteiger partial charge on any atom is 0.405 e. The van der Waals surface area contributed by atoms with Gasteiger partial charge in [0.2, 0.25) is 0 Å². The highest BCUT2D eigenvalue weighted by molar-refractivity contribution is 6.13. The Bertz CT molecular complexity index is 1260. The molecule has 5 rings (SSSR count). The van der Waals surface area contributed by atoms with Crippen molar-refractivity contribution in [1.82, 2.24) is 15.1 Å². The number of hydrogen-bond donors (Lipinski definition) is 2. The van der Waals surface area contributed by atoms with E-state index >= 15 is 0 Å². The molecule has 0 bridgehead atoms. The van der Waals surface area contributed by atoms with Crippen LogP contribution in [0.4, 0.5) is 39.0 Å². The molecule has 1 atom stereocenters. The Balaban J connectivity index is 1.57. The third-order valence-corrected chi connectivity index (χ3v) is 6.24. The molecule has 3 aromatic rings. The van der Waals surface area contributed by atoms with E-state index in [1.54, 1.807) is 30.0 Å². The highest BCUT2D eigenvalue weighted by atomic mass is 19.4. The summed E-state index contributed by atoms with van der Waals surface area (Å²) in [6.45, 7) is 2.20. The van der Waals surface area contributed by atoms with Crippen LogP contribution in [0.25, 0.3) is 11.3 Å². The van der Waals surface area contributed by atoms with E-state index in [1.807, 2.05) is 0 Å². The number of nitrogens with zero attached hydrogens (tertiary/aromatic N) is 4. The van der Waals surface area contributed by atoms with E-state index < -0.39 is 23.9 Å². The summed E-state index contributed by atoms with van der Waals surface area (Å²) >= 11 is 0. The van der Waals surface area contributed by atoms with E-state index in [0.717, 1.165) is 12.1 Å². The first kappa shape index (κ1) is 22.3. The minimum absolute atomic E-state index is 0.0235. The van der Waals surface area contributed by atoms with Crippen molar-refractivity contribution in [3.8, 4) is 11.3 Å². The summed E-state index contributed by atoms with van der Waals surface area (Å²) in [6, 6.07) is 7.06. The predicted octanol–water partition coefficient (Wildman–Crippen LogP) is 4.85. The van der Waals surface area contributed by atoms with Gasteiger partial charge in [0.1, 0.15) is 34.9 Å². The first-order valence-electron chi connectivity index (χ1n) is 10.6. The summed E-state index contributed by atoms with van der Waals surface area (Å²) in [6.07, 6.45) is -4.35. The molecule has 34 heavy (non-hydrogen) atoms. The molecule has 2 aliphatic rings. The minimum atomic E-state index is -4.35. The fourth-order valence-corrected chi connectivity index (χ4v) is 4.35. The molecule has 1 unspecified atom stereocenters. The Labute approximate surface area is 192 Å². The molecular formula is C23H21F5N6. The number of fused-ring (bicyclic) bond motifs is 3. The van der Waals surface area contributed by atoms with E-state index in [-0.39, 0.29) is 24.5 Å². The number of halogens is 5. The van der Waals surface area contributed by atoms with Gasteiger partial charge in [0.05, 0.1) is 11.3 Å². The molecule has 0 spiro atoms. The number of nitrogens with one attached hydrogen (secondary N) is 2. The van der Waals surface area contributed by atoms with Gasteiger partial charge >= 0.3 is 6.18 Å². The molecule has 6 nitrogen and oxygen atoms in total. The number of rotatable bonds is 2. The number of aryl methyl sites for hydroxylation is 1. The number of likely N-dealkylation sites (N-methyl/N-ethyl adjacent to an activating group) is 1. The standard InChI is InChI=1S/C23H21F5N6/c1-12-20-21(32-31-12)14-10-13(34-9-8-33(2)18(11-34)23(26,27)28)6-7-17(14)29-22(30-20)19-15(24)4-3-5-16(19)25/h3-7,10,18H,8-9,11H2,1-2H3,(H,29,30)(H,31,32). The molecule has 1 fully saturated rings. The lowest BCUT2D eigenvalue weighted by Gasteiger charge is -2.41. The summed E-state index contributed by atoms with van der Waals surface area (Å²) in [4.78, 5) is 7.45. The van der Waals surface area contributed by atoms with Gasteiger partial charge in [-0.2, -0.15) is 18.3 Å². The molecule has 3 heterocycles. The van der Waals surface area contributed by atoms with Crippen molar-refractivity contribution in [2.75, 3.05) is 36.9 Å². The topological polar surface area (TPSA) is 59.6 Å². The molecule has 0 saturated carbocycles. The number of aromatic nitrogens is 2. The van der Waals surface area contributed by atoms with Crippen LogP contribution in [0.5, 0.6) is 0 Å². The summed E-state index contributed by atoms with van der Waals surface area (Å²) in [5.41, 5.74) is 2.75. The maximum absolute atomic E-state index is 14.5. The number of aliphatic imine (C=N–C) groups is 1. The van der Waals surface area contributed by atoms with Gasteiger partial charge in [-0.05, 0) is 44.3 Å². The Morgan fingerprint density at radius 2 is 1.79 bits per heavy atom. The van der Waals surface area contributed by atoms with Crippen LogP contribution < -0.4 is 10.2 Å². The number of amidine groups is 1. The van der Waals surface area contributed by atoms with Crippen LogP contribution in [-0.2, 0) is 0 Å². The molecule has 2 N–H and O–H groups in total. The Kier molecular flexibility index (Phi) is 5.31. The molecule has 178 valence electrons. The second kappa shape index (κ2) is 8.08. The first-order chi connectivity index (χ1) is 16.1. The van der Waals surface area contributed by atoms with Crippen LogP contribution in [0.2, 0.25) is 0 Å². The van der Waals surface area contributed by atoms with Crippen molar-refractivity contribution in [2.24, 2.45) is 4.99 Å². The van der Waals surface area contributed by atoms with Gasteiger partial charge < -0.3 is 10.2 Å². The highest BCUT2D eigenvalue weighted by Crippen LogP contribution is 2.41. The zero-order chi connectivity index (χ0) is 24.2. The van der Waals surface area contributed by atoms with E-state index in [0.29, 0.717) is 40.6 Å². The van der Waals surface area contributed by atoms with Crippen molar-refractivity contribution < 1.29 is 22.0 Å². The van der Waals surface area contributed by atoms with E-state index in [4.69, 9.17) is 0 Å². The quantitative estimate of drug-likeness (QED) is 0.520. The largest absolute Gasteiger partial charge is 0.405 e. The van der Waals surface area contributed by atoms with Crippen molar-refractivity contribution in [3.05, 3.63) is 59.3 Å². The zero-order valence-electron chi connectivity index (χ0n) is 18.3. The van der Waals surface area contributed by atoms with E-state index in [2.05, 4.69) is 20.5 Å². The van der Waals surface area contributed by atoms with E-state index in [1.165, 1.54) is 18.0 Å². The van der Waals surface area contributed by atoms with Crippen LogP contribution in [0.3, 0.4) is 0 Å². The monoisotopic (exact) mass is 476 g/mol. The SMILES string of the molecule is Cc1[nH]nc2c1N=C(c1c(F)cccc1F)Nc1ccc(N3CCN(C)C(C(F)(F)F)C3)cc1-2. The molecule has 1 aromatic heterocycles. The molecule has 0 amide bonds. The Morgan fingerprint density at radius 1 is 1.06 bits per heavy atom. The lowest BCUT2D eigenvalue weighted by molar-refractivity contribution is -0.180. The highest BCUT2D eigenvalue weighted by Gasteiger charge is 2.45. The number of benzene rings is 2. The van der Waals surface area contributed by atoms with Gasteiger partial charge in [0.25, 0.3) is 0 Å². The van der Waals surface area contributed by atoms with Gasteiger partial charge in [-0.3, -0.25) is 10.00 Å². The number of hydrogen-bond acceptors (Lipinski definition) is 5. The Hall–Kier alpha value is -3.47. The third-order valence-electron chi connectivity index (χ3n) is 6.24. The fourth-order valence-electron chi connectivity index (χ4n) is 4.35. The zero-order valence-corrected chi connectivity index (χ0v) is 18.3. The van der Waals surface area contributed by atoms with Crippen molar-refractivity contribution >= 4 is 22.9 Å². The van der Waals surface area contributed by atoms with Gasteiger partial charge in [-0.15, -0.1) is 0 Å². The maximum atomic E-state index is 14.5. The summed E-state index contributed by atoms with van der Waals surface area (Å²) in [5, 5.41) is 10.2. The minimum Gasteiger partial charge on any atom is -0.368 e. The van der Waals surface area contributed by atoms with Crippen LogP contribution in [-0.4, -0.2) is 59.8 Å². The summed E-state index contributed by atoms with van der Waals surface area (Å²) in [7, 11) is 1.47. The predicted molar refractivity (Wildman–Crippen MR) is 120 cm³/mol. The van der Waals surface area contributed by atoms with Crippen molar-refractivity contribution in [1.29, 1.82) is 0 Å². The smallest absolute Gasteiger partial charge is 0.368 e. The molecule has 2 aliphatic heterocycles. The van der Waals surface area contributed by atoms with Crippen LogP contribution in [0, 0.1) is 18.6 Å². The number of alkyl halides is 3. The number of H-pyrrole nitrogens is 1. The Morgan fingerprint density at radius 3 is 2.50 bits per heavy atom. The van der Waals surface area contributed by atoms with E-state index in [9.17, 15) is 22.0 Å². The summed E-state index contributed by atoms with van der Waals surface area (Å²) < 4.78 is 69.6. The first-order valence-corrected chi connectivity index (χ1v) is 10.6. The molecule has 11 heteroatoms. The molecule has 2 aromatic carbocycles. The second-order valence-electron chi connectivity index (χ2n) is 8.44. The molecule has 0 radical (unpaired) electrons. The average molecular weight is 476 g/mol. The van der Waals surface area contributed by atoms with Crippen molar-refractivity contribution in [2.45, 2.75) is 19.1 Å². The van der Waals surface area contributed by atoms with Gasteiger partial charge in [-0.25, -0.2) is 13.8 Å². The second-order valence-corrected chi connectivity index (χ2v) is 8.44. The van der Waals surface area contributed by atoms with Crippen LogP contribution >= 0.6 is 0 Å². The van der Waals surface area contributed by atoms with Crippen molar-refractivity contribution in [3.63, 3.8) is 0 Å². The average Bonchev–Trinajstić information content (AvgIpc) is 3.04. The lowest BCUT2D eigenvalue weighted by Crippen LogP contribution is -2.57. The van der Waals surface area contributed by atoms with Crippen LogP contribution in [0.15, 0.2) is 41.4 Å². The fraction of sp³-hybridized carbons (Fsp3) is 0.304. The van der Waals surface area contributed by atoms with Gasteiger partial charge in [-0.1, -0.05) is 6.07 Å². The third kappa shape index (κ3) is 3.79. The number of aromatic amines is 1. The lowest BCUT2D eigenvalue weighted by atomic mass is 10.0. The molecular weight excluding hydrogens is 455 g/mol. The number of anilines is 2. The molecule has 0 aliphatic carbocycles. The van der Waals surface area contributed by atoms with Crippen LogP contribution in [0.1, 0.15) is 11.3 Å². The molecule has 1 saturated heterocycles.